The highest BCUT2D eigenvalue weighted by molar-refractivity contribution is 5.92. The summed E-state index contributed by atoms with van der Waals surface area (Å²) in [5, 5.41) is 0. The Labute approximate surface area is 133 Å². The van der Waals surface area contributed by atoms with Gasteiger partial charge in [0, 0.05) is 36.7 Å². The van der Waals surface area contributed by atoms with Gasteiger partial charge in [0.1, 0.15) is 5.75 Å². The van der Waals surface area contributed by atoms with Gasteiger partial charge < -0.3 is 9.64 Å². The predicted octanol–water partition coefficient (Wildman–Crippen LogP) is 3.59. The summed E-state index contributed by atoms with van der Waals surface area (Å²) in [6.07, 6.45) is 4.38. The average molecular weight is 299 g/mol. The van der Waals surface area contributed by atoms with E-state index in [2.05, 4.69) is 37.8 Å². The molecule has 1 aromatic rings. The first-order valence-corrected chi connectivity index (χ1v) is 7.95. The highest BCUT2D eigenvalue weighted by Crippen LogP contribution is 2.47. The van der Waals surface area contributed by atoms with Crippen molar-refractivity contribution in [2.45, 2.75) is 45.6 Å². The number of carbonyl (C=O) groups excluding carboxylic acids is 1. The van der Waals surface area contributed by atoms with E-state index in [1.54, 1.807) is 7.11 Å². The summed E-state index contributed by atoms with van der Waals surface area (Å²) < 4.78 is 5.21. The van der Waals surface area contributed by atoms with Gasteiger partial charge in [-0.2, -0.15) is 0 Å². The van der Waals surface area contributed by atoms with Crippen molar-refractivity contribution in [3.63, 3.8) is 0 Å². The SMILES string of the molecule is COc1ccc(CC2=CC(=O)C[C@@]3(C)CC(C)(C)CN23)cc1. The fourth-order valence-electron chi connectivity index (χ4n) is 4.20. The summed E-state index contributed by atoms with van der Waals surface area (Å²) >= 11 is 0. The maximum absolute atomic E-state index is 12.2. The Balaban J connectivity index is 1.86. The number of hydrogen-bond donors (Lipinski definition) is 0. The van der Waals surface area contributed by atoms with Gasteiger partial charge in [-0.3, -0.25) is 4.79 Å². The number of ether oxygens (including phenoxy) is 1. The van der Waals surface area contributed by atoms with Gasteiger partial charge in [0.15, 0.2) is 5.78 Å². The fourth-order valence-corrected chi connectivity index (χ4v) is 4.20. The standard InChI is InChI=1S/C19H25NO2/c1-18(2)12-19(3)11-16(21)10-15(20(19)13-18)9-14-5-7-17(22-4)8-6-14/h5-8,10H,9,11-13H2,1-4H3/t19-/m0/s1. The van der Waals surface area contributed by atoms with Gasteiger partial charge in [-0.15, -0.1) is 0 Å². The summed E-state index contributed by atoms with van der Waals surface area (Å²) in [7, 11) is 1.68. The van der Waals surface area contributed by atoms with Crippen LogP contribution in [0.1, 0.15) is 39.2 Å². The summed E-state index contributed by atoms with van der Waals surface area (Å²) in [4.78, 5) is 14.7. The summed E-state index contributed by atoms with van der Waals surface area (Å²) in [6, 6.07) is 8.12. The molecule has 0 amide bonds. The van der Waals surface area contributed by atoms with Gasteiger partial charge in [0.25, 0.3) is 0 Å². The molecule has 0 saturated carbocycles. The van der Waals surface area contributed by atoms with E-state index in [1.165, 1.54) is 5.56 Å². The minimum Gasteiger partial charge on any atom is -0.497 e. The number of allylic oxidation sites excluding steroid dienone is 2. The predicted molar refractivity (Wildman–Crippen MR) is 87.9 cm³/mol. The maximum atomic E-state index is 12.2. The van der Waals surface area contributed by atoms with Crippen molar-refractivity contribution in [3.05, 3.63) is 41.6 Å². The van der Waals surface area contributed by atoms with Crippen LogP contribution in [-0.2, 0) is 11.2 Å². The van der Waals surface area contributed by atoms with Crippen molar-refractivity contribution in [3.8, 4) is 5.75 Å². The third kappa shape index (κ3) is 2.77. The second kappa shape index (κ2) is 5.15. The smallest absolute Gasteiger partial charge is 0.159 e. The summed E-state index contributed by atoms with van der Waals surface area (Å²) in [6.45, 7) is 7.86. The van der Waals surface area contributed by atoms with Crippen molar-refractivity contribution in [2.75, 3.05) is 13.7 Å². The van der Waals surface area contributed by atoms with E-state index >= 15 is 0 Å². The molecule has 2 aliphatic rings. The second-order valence-electron chi connectivity index (χ2n) is 7.73. The number of fused-ring (bicyclic) bond motifs is 1. The molecule has 3 nitrogen and oxygen atoms in total. The van der Waals surface area contributed by atoms with E-state index in [9.17, 15) is 4.79 Å². The number of ketones is 1. The Bertz CT molecular complexity index is 615. The lowest BCUT2D eigenvalue weighted by Gasteiger charge is -2.41. The van der Waals surface area contributed by atoms with Crippen LogP contribution in [0.3, 0.4) is 0 Å². The Morgan fingerprint density at radius 1 is 1.18 bits per heavy atom. The van der Waals surface area contributed by atoms with Crippen LogP contribution >= 0.6 is 0 Å². The zero-order valence-corrected chi connectivity index (χ0v) is 14.0. The van der Waals surface area contributed by atoms with Gasteiger partial charge in [0.05, 0.1) is 7.11 Å². The van der Waals surface area contributed by atoms with E-state index in [0.717, 1.165) is 30.8 Å². The number of carbonyl (C=O) groups is 1. The first-order chi connectivity index (χ1) is 10.3. The number of methoxy groups -OCH3 is 1. The molecule has 2 aliphatic heterocycles. The van der Waals surface area contributed by atoms with Gasteiger partial charge in [-0.1, -0.05) is 26.0 Å². The summed E-state index contributed by atoms with van der Waals surface area (Å²) in [5.41, 5.74) is 2.62. The molecule has 1 saturated heterocycles. The summed E-state index contributed by atoms with van der Waals surface area (Å²) in [5.74, 6) is 1.13. The Morgan fingerprint density at radius 3 is 2.50 bits per heavy atom. The third-order valence-electron chi connectivity index (χ3n) is 4.87. The van der Waals surface area contributed by atoms with Gasteiger partial charge >= 0.3 is 0 Å². The van der Waals surface area contributed by atoms with E-state index in [1.807, 2.05) is 18.2 Å². The van der Waals surface area contributed by atoms with Gasteiger partial charge in [-0.25, -0.2) is 0 Å². The monoisotopic (exact) mass is 299 g/mol. The molecule has 1 fully saturated rings. The molecule has 0 unspecified atom stereocenters. The first kappa shape index (κ1) is 15.1. The van der Waals surface area contributed by atoms with Gasteiger partial charge in [-0.05, 0) is 36.5 Å². The normalized spacial score (nSPS) is 26.6. The minimum atomic E-state index is -0.0167. The van der Waals surface area contributed by atoms with E-state index in [0.29, 0.717) is 6.42 Å². The minimum absolute atomic E-state index is 0.0167. The molecular formula is C19H25NO2. The van der Waals surface area contributed by atoms with Crippen molar-refractivity contribution >= 4 is 5.78 Å². The lowest BCUT2D eigenvalue weighted by molar-refractivity contribution is -0.117. The Hall–Kier alpha value is -1.77. The zero-order valence-electron chi connectivity index (χ0n) is 14.0. The highest BCUT2D eigenvalue weighted by atomic mass is 16.5. The largest absolute Gasteiger partial charge is 0.497 e. The molecule has 0 bridgehead atoms. The number of hydrogen-bond acceptors (Lipinski definition) is 3. The topological polar surface area (TPSA) is 29.5 Å². The van der Waals surface area contributed by atoms with Crippen molar-refractivity contribution in [1.82, 2.24) is 4.90 Å². The molecule has 0 aliphatic carbocycles. The van der Waals surface area contributed by atoms with Crippen LogP contribution in [0.15, 0.2) is 36.0 Å². The van der Waals surface area contributed by atoms with Gasteiger partial charge in [0.2, 0.25) is 0 Å². The highest BCUT2D eigenvalue weighted by Gasteiger charge is 2.49. The quantitative estimate of drug-likeness (QED) is 0.854. The van der Waals surface area contributed by atoms with Crippen LogP contribution in [0, 0.1) is 5.41 Å². The van der Waals surface area contributed by atoms with Crippen LogP contribution in [0.25, 0.3) is 0 Å². The molecule has 118 valence electrons. The lowest BCUT2D eigenvalue weighted by Crippen LogP contribution is -2.45. The molecule has 3 rings (SSSR count). The molecule has 22 heavy (non-hydrogen) atoms. The Morgan fingerprint density at radius 2 is 1.86 bits per heavy atom. The molecule has 0 radical (unpaired) electrons. The van der Waals surface area contributed by atoms with Crippen molar-refractivity contribution in [1.29, 1.82) is 0 Å². The molecule has 3 heteroatoms. The molecule has 2 heterocycles. The van der Waals surface area contributed by atoms with E-state index in [-0.39, 0.29) is 16.7 Å². The number of nitrogens with zero attached hydrogens (tertiary/aromatic N) is 1. The molecular weight excluding hydrogens is 274 g/mol. The van der Waals surface area contributed by atoms with Crippen LogP contribution in [0.2, 0.25) is 0 Å². The average Bonchev–Trinajstić information content (AvgIpc) is 2.68. The number of benzene rings is 1. The maximum Gasteiger partial charge on any atom is 0.159 e. The zero-order chi connectivity index (χ0) is 16.0. The lowest BCUT2D eigenvalue weighted by atomic mass is 9.81. The fraction of sp³-hybridized carbons (Fsp3) is 0.526. The second-order valence-corrected chi connectivity index (χ2v) is 7.73. The van der Waals surface area contributed by atoms with E-state index in [4.69, 9.17) is 4.74 Å². The van der Waals surface area contributed by atoms with Crippen LogP contribution in [0.5, 0.6) is 5.75 Å². The molecule has 0 spiro atoms. The van der Waals surface area contributed by atoms with Crippen LogP contribution < -0.4 is 4.74 Å². The molecule has 0 N–H and O–H groups in total. The molecule has 1 aromatic carbocycles. The third-order valence-corrected chi connectivity index (χ3v) is 4.87. The first-order valence-electron chi connectivity index (χ1n) is 7.95. The van der Waals surface area contributed by atoms with Crippen LogP contribution in [-0.4, -0.2) is 29.9 Å². The Kier molecular flexibility index (Phi) is 3.54. The van der Waals surface area contributed by atoms with Crippen molar-refractivity contribution < 1.29 is 9.53 Å². The van der Waals surface area contributed by atoms with Crippen molar-refractivity contribution in [2.24, 2.45) is 5.41 Å². The number of rotatable bonds is 3. The molecule has 0 aromatic heterocycles. The van der Waals surface area contributed by atoms with Crippen LogP contribution in [0.4, 0.5) is 0 Å². The van der Waals surface area contributed by atoms with E-state index < -0.39 is 0 Å². The molecule has 1 atom stereocenters.